The van der Waals surface area contributed by atoms with E-state index in [0.29, 0.717) is 13.2 Å². The molecule has 0 bridgehead atoms. The Labute approximate surface area is 103 Å². The van der Waals surface area contributed by atoms with Gasteiger partial charge in [-0.15, -0.1) is 0 Å². The van der Waals surface area contributed by atoms with Crippen molar-refractivity contribution in [2.45, 2.75) is 39.1 Å². The Morgan fingerprint density at radius 3 is 1.82 bits per heavy atom. The number of methoxy groups -OCH3 is 1. The Morgan fingerprint density at radius 2 is 1.35 bits per heavy atom. The molecule has 102 valence electrons. The molecule has 6 nitrogen and oxygen atoms in total. The normalized spacial score (nSPS) is 16.6. The molecule has 0 saturated heterocycles. The van der Waals surface area contributed by atoms with Crippen molar-refractivity contribution >= 4 is 7.32 Å². The molecule has 0 amide bonds. The third-order valence-corrected chi connectivity index (χ3v) is 1.99. The van der Waals surface area contributed by atoms with Gasteiger partial charge in [0.05, 0.1) is 38.1 Å². The van der Waals surface area contributed by atoms with Crippen LogP contribution in [0.15, 0.2) is 0 Å². The van der Waals surface area contributed by atoms with Gasteiger partial charge in [-0.05, 0) is 20.8 Å². The molecular weight excluding hydrogens is 227 g/mol. The summed E-state index contributed by atoms with van der Waals surface area (Å²) >= 11 is 0. The van der Waals surface area contributed by atoms with Gasteiger partial charge in [-0.2, -0.15) is 0 Å². The average molecular weight is 250 g/mol. The summed E-state index contributed by atoms with van der Waals surface area (Å²) < 4.78 is 20.5. The van der Waals surface area contributed by atoms with E-state index in [1.807, 2.05) is 13.8 Å². The van der Waals surface area contributed by atoms with Gasteiger partial charge in [0.25, 0.3) is 0 Å². The maximum atomic E-state index is 8.56. The third kappa shape index (κ3) is 10.7. The summed E-state index contributed by atoms with van der Waals surface area (Å²) in [6, 6.07) is 0. The molecule has 0 aromatic heterocycles. The zero-order chi connectivity index (χ0) is 13.3. The fourth-order valence-corrected chi connectivity index (χ4v) is 1.18. The molecule has 0 aliphatic rings. The lowest BCUT2D eigenvalue weighted by Crippen LogP contribution is -2.30. The average Bonchev–Trinajstić information content (AvgIpc) is 2.23. The molecule has 0 aromatic carbocycles. The van der Waals surface area contributed by atoms with Crippen LogP contribution in [0.4, 0.5) is 0 Å². The SMILES string of the molecule is COCC(C)OCC(C)OCC(C)OB(O)O. The molecule has 3 atom stereocenters. The Morgan fingerprint density at radius 1 is 0.882 bits per heavy atom. The molecular formula is C10H23BO6. The highest BCUT2D eigenvalue weighted by Crippen LogP contribution is 2.00. The van der Waals surface area contributed by atoms with Crippen molar-refractivity contribution in [1.29, 1.82) is 0 Å². The summed E-state index contributed by atoms with van der Waals surface area (Å²) in [7, 11) is -0.138. The van der Waals surface area contributed by atoms with Gasteiger partial charge in [-0.25, -0.2) is 0 Å². The molecule has 0 aliphatic heterocycles. The van der Waals surface area contributed by atoms with Crippen molar-refractivity contribution in [2.24, 2.45) is 0 Å². The fraction of sp³-hybridized carbons (Fsp3) is 1.00. The van der Waals surface area contributed by atoms with Gasteiger partial charge in [0.1, 0.15) is 0 Å². The Balaban J connectivity index is 3.55. The number of hydrogen-bond acceptors (Lipinski definition) is 6. The first-order valence-electron chi connectivity index (χ1n) is 5.69. The van der Waals surface area contributed by atoms with E-state index in [2.05, 4.69) is 0 Å². The second kappa shape index (κ2) is 9.81. The highest BCUT2D eigenvalue weighted by Gasteiger charge is 2.15. The molecule has 2 N–H and O–H groups in total. The largest absolute Gasteiger partial charge is 0.634 e. The van der Waals surface area contributed by atoms with Gasteiger partial charge < -0.3 is 28.9 Å². The summed E-state index contributed by atoms with van der Waals surface area (Å²) in [5.41, 5.74) is 0. The van der Waals surface area contributed by atoms with Crippen molar-refractivity contribution in [2.75, 3.05) is 26.9 Å². The lowest BCUT2D eigenvalue weighted by molar-refractivity contribution is -0.0665. The van der Waals surface area contributed by atoms with Crippen LogP contribution in [0.1, 0.15) is 20.8 Å². The summed E-state index contributed by atoms with van der Waals surface area (Å²) in [4.78, 5) is 0. The van der Waals surface area contributed by atoms with Crippen LogP contribution in [-0.4, -0.2) is 62.6 Å². The summed E-state index contributed by atoms with van der Waals surface area (Å²) in [6.45, 7) is 6.77. The van der Waals surface area contributed by atoms with E-state index in [1.165, 1.54) is 0 Å². The second-order valence-electron chi connectivity index (χ2n) is 4.02. The third-order valence-electron chi connectivity index (χ3n) is 1.99. The summed E-state index contributed by atoms with van der Waals surface area (Å²) in [5.74, 6) is 0. The van der Waals surface area contributed by atoms with Crippen molar-refractivity contribution < 1.29 is 28.9 Å². The molecule has 0 radical (unpaired) electrons. The lowest BCUT2D eigenvalue weighted by atomic mass is 10.2. The van der Waals surface area contributed by atoms with Gasteiger partial charge in [0, 0.05) is 7.11 Å². The quantitative estimate of drug-likeness (QED) is 0.523. The van der Waals surface area contributed by atoms with Crippen LogP contribution in [0.5, 0.6) is 0 Å². The van der Waals surface area contributed by atoms with Crippen LogP contribution < -0.4 is 0 Å². The maximum absolute atomic E-state index is 8.56. The monoisotopic (exact) mass is 250 g/mol. The molecule has 17 heavy (non-hydrogen) atoms. The van der Waals surface area contributed by atoms with E-state index in [1.54, 1.807) is 14.0 Å². The van der Waals surface area contributed by atoms with Crippen molar-refractivity contribution in [1.82, 2.24) is 0 Å². The predicted molar refractivity (Wildman–Crippen MR) is 63.4 cm³/mol. The zero-order valence-electron chi connectivity index (χ0n) is 11.0. The first kappa shape index (κ1) is 16.8. The molecule has 0 spiro atoms. The molecule has 7 heteroatoms. The van der Waals surface area contributed by atoms with E-state index in [-0.39, 0.29) is 24.9 Å². The minimum Gasteiger partial charge on any atom is -0.402 e. The van der Waals surface area contributed by atoms with Gasteiger partial charge in [0.15, 0.2) is 0 Å². The molecule has 0 saturated carbocycles. The number of ether oxygens (including phenoxy) is 3. The molecule has 0 fully saturated rings. The van der Waals surface area contributed by atoms with Gasteiger partial charge in [0.2, 0.25) is 0 Å². The van der Waals surface area contributed by atoms with Crippen LogP contribution >= 0.6 is 0 Å². The van der Waals surface area contributed by atoms with Crippen LogP contribution in [0.25, 0.3) is 0 Å². The molecule has 0 aliphatic carbocycles. The van der Waals surface area contributed by atoms with Crippen molar-refractivity contribution in [3.8, 4) is 0 Å². The highest BCUT2D eigenvalue weighted by atomic mass is 16.6. The van der Waals surface area contributed by atoms with Gasteiger partial charge in [-0.3, -0.25) is 0 Å². The van der Waals surface area contributed by atoms with Gasteiger partial charge >= 0.3 is 7.32 Å². The van der Waals surface area contributed by atoms with E-state index in [4.69, 9.17) is 28.9 Å². The minimum absolute atomic E-state index is 0.0268. The maximum Gasteiger partial charge on any atom is 0.634 e. The van der Waals surface area contributed by atoms with E-state index in [9.17, 15) is 0 Å². The Kier molecular flexibility index (Phi) is 9.71. The predicted octanol–water partition coefficient (Wildman–Crippen LogP) is -0.182. The van der Waals surface area contributed by atoms with Crippen LogP contribution in [0, 0.1) is 0 Å². The number of hydrogen-bond donors (Lipinski definition) is 2. The Hall–Kier alpha value is -0.175. The smallest absolute Gasteiger partial charge is 0.402 e. The second-order valence-corrected chi connectivity index (χ2v) is 4.02. The highest BCUT2D eigenvalue weighted by molar-refractivity contribution is 6.32. The van der Waals surface area contributed by atoms with Gasteiger partial charge in [-0.1, -0.05) is 0 Å². The lowest BCUT2D eigenvalue weighted by Gasteiger charge is -2.19. The van der Waals surface area contributed by atoms with Crippen LogP contribution in [0.3, 0.4) is 0 Å². The minimum atomic E-state index is -1.76. The van der Waals surface area contributed by atoms with E-state index >= 15 is 0 Å². The zero-order valence-corrected chi connectivity index (χ0v) is 11.0. The molecule has 0 rings (SSSR count). The fourth-order valence-electron chi connectivity index (χ4n) is 1.18. The van der Waals surface area contributed by atoms with Crippen molar-refractivity contribution in [3.05, 3.63) is 0 Å². The van der Waals surface area contributed by atoms with E-state index < -0.39 is 7.32 Å². The van der Waals surface area contributed by atoms with E-state index in [0.717, 1.165) is 0 Å². The molecule has 0 heterocycles. The molecule has 0 aromatic rings. The first-order valence-corrected chi connectivity index (χ1v) is 5.69. The standard InChI is InChI=1S/C10H23BO6/c1-8(5-14-4)15-6-9(2)16-7-10(3)17-11(12)13/h8-10,12-13H,5-7H2,1-4H3. The Bertz CT molecular complexity index is 180. The van der Waals surface area contributed by atoms with Crippen LogP contribution in [0.2, 0.25) is 0 Å². The molecule has 3 unspecified atom stereocenters. The topological polar surface area (TPSA) is 77.4 Å². The van der Waals surface area contributed by atoms with Crippen LogP contribution in [-0.2, 0) is 18.9 Å². The van der Waals surface area contributed by atoms with Crippen molar-refractivity contribution in [3.63, 3.8) is 0 Å². The summed E-state index contributed by atoms with van der Waals surface area (Å²) in [5, 5.41) is 17.1. The summed E-state index contributed by atoms with van der Waals surface area (Å²) in [6.07, 6.45) is -0.441. The number of rotatable bonds is 10. The first-order chi connectivity index (χ1) is 7.95.